The van der Waals surface area contributed by atoms with Crippen molar-refractivity contribution < 1.29 is 18.7 Å². The van der Waals surface area contributed by atoms with E-state index in [1.807, 2.05) is 31.2 Å². The molecule has 7 nitrogen and oxygen atoms in total. The smallest absolute Gasteiger partial charge is 0.360 e. The minimum Gasteiger partial charge on any atom is -0.464 e. The molecule has 0 bridgehead atoms. The number of benzene rings is 1. The van der Waals surface area contributed by atoms with E-state index in [9.17, 15) is 9.59 Å². The predicted molar refractivity (Wildman–Crippen MR) is 86.6 cm³/mol. The Morgan fingerprint density at radius 1 is 1.38 bits per heavy atom. The molecule has 1 aliphatic rings. The number of nitrogens with zero attached hydrogens (tertiary/aromatic N) is 2. The fourth-order valence-electron chi connectivity index (χ4n) is 2.38. The van der Waals surface area contributed by atoms with Crippen LogP contribution in [0.3, 0.4) is 0 Å². The van der Waals surface area contributed by atoms with Gasteiger partial charge in [0.25, 0.3) is 0 Å². The Morgan fingerprint density at radius 2 is 2.12 bits per heavy atom. The molecule has 1 fully saturated rings. The molecule has 24 heavy (non-hydrogen) atoms. The van der Waals surface area contributed by atoms with Crippen molar-refractivity contribution in [3.05, 3.63) is 47.7 Å². The molecule has 0 radical (unpaired) electrons. The van der Waals surface area contributed by atoms with Crippen LogP contribution in [0.2, 0.25) is 0 Å². The van der Waals surface area contributed by atoms with Gasteiger partial charge in [-0.1, -0.05) is 18.2 Å². The number of rotatable bonds is 5. The Kier molecular flexibility index (Phi) is 4.50. The maximum atomic E-state index is 12.6. The molecule has 1 aliphatic carbocycles. The highest BCUT2D eigenvalue weighted by Crippen LogP contribution is 2.29. The summed E-state index contributed by atoms with van der Waals surface area (Å²) in [4.78, 5) is 29.8. The first-order valence-corrected chi connectivity index (χ1v) is 7.74. The van der Waals surface area contributed by atoms with E-state index in [0.717, 1.165) is 24.1 Å². The second-order valence-corrected chi connectivity index (χ2v) is 5.72. The van der Waals surface area contributed by atoms with Gasteiger partial charge in [-0.2, -0.15) is 0 Å². The first kappa shape index (κ1) is 16.0. The lowest BCUT2D eigenvalue weighted by atomic mass is 10.2. The van der Waals surface area contributed by atoms with E-state index in [1.54, 1.807) is 4.90 Å². The number of hydrogen-bond donors (Lipinski definition) is 1. The fourth-order valence-corrected chi connectivity index (χ4v) is 2.38. The minimum atomic E-state index is -0.563. The zero-order valence-electron chi connectivity index (χ0n) is 13.6. The molecule has 0 aliphatic heterocycles. The van der Waals surface area contributed by atoms with Gasteiger partial charge < -0.3 is 19.4 Å². The number of nitrogens with one attached hydrogen (secondary N) is 1. The van der Waals surface area contributed by atoms with E-state index in [-0.39, 0.29) is 24.3 Å². The molecule has 1 aromatic heterocycles. The summed E-state index contributed by atoms with van der Waals surface area (Å²) in [6, 6.07) is 7.56. The van der Waals surface area contributed by atoms with E-state index in [1.165, 1.54) is 13.4 Å². The molecule has 0 unspecified atom stereocenters. The lowest BCUT2D eigenvalue weighted by Gasteiger charge is -2.21. The molecular weight excluding hydrogens is 310 g/mol. The molecule has 1 saturated carbocycles. The summed E-state index contributed by atoms with van der Waals surface area (Å²) in [5.74, 6) is -0.255. The average Bonchev–Trinajstić information content (AvgIpc) is 3.31. The standard InChI is InChI=1S/C17H19N3O4/c1-11-5-3-4-6-13(11)19-17(22)20(12-7-8-12)9-15-18-14(10-24-15)16(21)23-2/h3-6,10,12H,7-9H2,1-2H3,(H,19,22). The molecule has 2 aromatic rings. The quantitative estimate of drug-likeness (QED) is 0.853. The van der Waals surface area contributed by atoms with Crippen molar-refractivity contribution in [1.29, 1.82) is 0 Å². The summed E-state index contributed by atoms with van der Waals surface area (Å²) in [5, 5.41) is 2.92. The number of para-hydroxylation sites is 1. The lowest BCUT2D eigenvalue weighted by molar-refractivity contribution is 0.0594. The molecule has 7 heteroatoms. The third kappa shape index (κ3) is 3.56. The fraction of sp³-hybridized carbons (Fsp3) is 0.353. The Morgan fingerprint density at radius 3 is 2.79 bits per heavy atom. The molecule has 1 heterocycles. The number of hydrogen-bond acceptors (Lipinski definition) is 5. The largest absolute Gasteiger partial charge is 0.464 e. The van der Waals surface area contributed by atoms with Crippen molar-refractivity contribution >= 4 is 17.7 Å². The Labute approximate surface area is 139 Å². The van der Waals surface area contributed by atoms with Crippen LogP contribution >= 0.6 is 0 Å². The van der Waals surface area contributed by atoms with Crippen LogP contribution in [0, 0.1) is 6.92 Å². The van der Waals surface area contributed by atoms with Gasteiger partial charge in [-0.3, -0.25) is 0 Å². The molecule has 0 atom stereocenters. The van der Waals surface area contributed by atoms with Gasteiger partial charge in [-0.25, -0.2) is 14.6 Å². The molecule has 126 valence electrons. The highest BCUT2D eigenvalue weighted by atomic mass is 16.5. The number of aryl methyl sites for hydroxylation is 1. The van der Waals surface area contributed by atoms with Gasteiger partial charge in [0.05, 0.1) is 13.7 Å². The van der Waals surface area contributed by atoms with Crippen molar-refractivity contribution in [1.82, 2.24) is 9.88 Å². The van der Waals surface area contributed by atoms with Crippen LogP contribution in [0.1, 0.15) is 34.8 Å². The van der Waals surface area contributed by atoms with E-state index in [4.69, 9.17) is 4.42 Å². The Bertz CT molecular complexity index is 752. The number of oxazole rings is 1. The van der Waals surface area contributed by atoms with Crippen LogP contribution in [0.5, 0.6) is 0 Å². The van der Waals surface area contributed by atoms with Gasteiger partial charge in [-0.05, 0) is 31.4 Å². The predicted octanol–water partition coefficient (Wildman–Crippen LogP) is 2.97. The first-order valence-electron chi connectivity index (χ1n) is 7.74. The summed E-state index contributed by atoms with van der Waals surface area (Å²) < 4.78 is 9.89. The van der Waals surface area contributed by atoms with Crippen molar-refractivity contribution in [3.8, 4) is 0 Å². The van der Waals surface area contributed by atoms with Crippen molar-refractivity contribution in [2.75, 3.05) is 12.4 Å². The molecule has 2 amide bonds. The number of esters is 1. The van der Waals surface area contributed by atoms with Gasteiger partial charge in [0.2, 0.25) is 5.89 Å². The number of carbonyl (C=O) groups is 2. The van der Waals surface area contributed by atoms with Gasteiger partial charge in [-0.15, -0.1) is 0 Å². The summed E-state index contributed by atoms with van der Waals surface area (Å²) in [5.41, 5.74) is 1.86. The van der Waals surface area contributed by atoms with Crippen LogP contribution in [0.15, 0.2) is 34.9 Å². The summed E-state index contributed by atoms with van der Waals surface area (Å²) in [6.07, 6.45) is 3.14. The molecule has 3 rings (SSSR count). The minimum absolute atomic E-state index is 0.0996. The Hall–Kier alpha value is -2.83. The Balaban J connectivity index is 1.71. The van der Waals surface area contributed by atoms with Gasteiger partial charge in [0, 0.05) is 11.7 Å². The summed E-state index contributed by atoms with van der Waals surface area (Å²) in [7, 11) is 1.28. The highest BCUT2D eigenvalue weighted by molar-refractivity contribution is 5.90. The maximum Gasteiger partial charge on any atom is 0.360 e. The molecule has 1 N–H and O–H groups in total. The van der Waals surface area contributed by atoms with E-state index in [2.05, 4.69) is 15.0 Å². The van der Waals surface area contributed by atoms with E-state index < -0.39 is 5.97 Å². The average molecular weight is 329 g/mol. The molecule has 0 spiro atoms. The van der Waals surface area contributed by atoms with Gasteiger partial charge >= 0.3 is 12.0 Å². The van der Waals surface area contributed by atoms with Crippen LogP contribution < -0.4 is 5.32 Å². The first-order chi connectivity index (χ1) is 11.6. The van der Waals surface area contributed by atoms with E-state index >= 15 is 0 Å². The number of methoxy groups -OCH3 is 1. The molecule has 0 saturated heterocycles. The van der Waals surface area contributed by atoms with Crippen LogP contribution in [0.4, 0.5) is 10.5 Å². The zero-order chi connectivity index (χ0) is 17.1. The topological polar surface area (TPSA) is 84.7 Å². The van der Waals surface area contributed by atoms with Crippen LogP contribution in [-0.4, -0.2) is 35.0 Å². The van der Waals surface area contributed by atoms with Crippen LogP contribution in [-0.2, 0) is 11.3 Å². The number of amides is 2. The summed E-state index contributed by atoms with van der Waals surface area (Å²) >= 11 is 0. The van der Waals surface area contributed by atoms with Crippen molar-refractivity contribution in [2.24, 2.45) is 0 Å². The maximum absolute atomic E-state index is 12.6. The normalized spacial score (nSPS) is 13.4. The second kappa shape index (κ2) is 6.74. The van der Waals surface area contributed by atoms with Gasteiger partial charge in [0.1, 0.15) is 6.26 Å². The third-order valence-electron chi connectivity index (χ3n) is 3.89. The third-order valence-corrected chi connectivity index (χ3v) is 3.89. The lowest BCUT2D eigenvalue weighted by Crippen LogP contribution is -2.36. The summed E-state index contributed by atoms with van der Waals surface area (Å²) in [6.45, 7) is 2.15. The monoisotopic (exact) mass is 329 g/mol. The van der Waals surface area contributed by atoms with E-state index in [0.29, 0.717) is 5.89 Å². The molecule has 1 aromatic carbocycles. The van der Waals surface area contributed by atoms with Crippen LogP contribution in [0.25, 0.3) is 0 Å². The molecular formula is C17H19N3O4. The zero-order valence-corrected chi connectivity index (χ0v) is 13.6. The number of ether oxygens (including phenoxy) is 1. The van der Waals surface area contributed by atoms with Crippen molar-refractivity contribution in [3.63, 3.8) is 0 Å². The van der Waals surface area contributed by atoms with Crippen molar-refractivity contribution in [2.45, 2.75) is 32.4 Å². The number of urea groups is 1. The van der Waals surface area contributed by atoms with Gasteiger partial charge in [0.15, 0.2) is 5.69 Å². The SMILES string of the molecule is COC(=O)c1coc(CN(C(=O)Nc2ccccc2C)C2CC2)n1. The second-order valence-electron chi connectivity index (χ2n) is 5.72. The highest BCUT2D eigenvalue weighted by Gasteiger charge is 2.34. The number of carbonyl (C=O) groups excluding carboxylic acids is 2. The number of anilines is 1. The number of aromatic nitrogens is 1.